The number of benzene rings is 2. The average molecular weight is 426 g/mol. The van der Waals surface area contributed by atoms with Crippen molar-refractivity contribution in [1.29, 1.82) is 0 Å². The molecule has 1 unspecified atom stereocenters. The van der Waals surface area contributed by atoms with E-state index in [9.17, 15) is 14.7 Å². The summed E-state index contributed by atoms with van der Waals surface area (Å²) in [6, 6.07) is 11.4. The lowest BCUT2D eigenvalue weighted by molar-refractivity contribution is -0.141. The number of likely N-dealkylation sites (N-methyl/N-ethyl adjacent to an activating group) is 1. The second-order valence-corrected chi connectivity index (χ2v) is 8.16. The molecule has 1 atom stereocenters. The topological polar surface area (TPSA) is 66.8 Å². The van der Waals surface area contributed by atoms with Crippen molar-refractivity contribution in [2.75, 3.05) is 13.7 Å². The maximum atomic E-state index is 12.9. The van der Waals surface area contributed by atoms with Crippen LogP contribution in [0.2, 0.25) is 0 Å². The quantitative estimate of drug-likeness (QED) is 0.588. The van der Waals surface area contributed by atoms with Gasteiger partial charge < -0.3 is 14.7 Å². The number of ether oxygens (including phenoxy) is 1. The lowest BCUT2D eigenvalue weighted by atomic mass is 9.70. The Bertz CT molecular complexity index is 946. The first-order valence-corrected chi connectivity index (χ1v) is 11.0. The van der Waals surface area contributed by atoms with Crippen LogP contribution in [-0.4, -0.2) is 41.6 Å². The number of aryl methyl sites for hydroxylation is 2. The summed E-state index contributed by atoms with van der Waals surface area (Å²) in [6.45, 7) is 12.5. The standard InChI is InChI=1S/C26H35NO4/c1-8-26(9-2,21-12-14-23(31-10-3)18(5)16-21)20-11-13-22(17(4)15-20)24(28)27(7)19(6)25(29)30/h11-16,19H,8-10H2,1-7H3,(H,29,30). The van der Waals surface area contributed by atoms with Crippen molar-refractivity contribution in [3.63, 3.8) is 0 Å². The smallest absolute Gasteiger partial charge is 0.326 e. The van der Waals surface area contributed by atoms with Gasteiger partial charge in [-0.25, -0.2) is 4.79 Å². The van der Waals surface area contributed by atoms with Crippen molar-refractivity contribution in [2.45, 2.75) is 65.8 Å². The van der Waals surface area contributed by atoms with Crippen LogP contribution < -0.4 is 4.74 Å². The van der Waals surface area contributed by atoms with Crippen LogP contribution in [0.3, 0.4) is 0 Å². The van der Waals surface area contributed by atoms with Gasteiger partial charge in [0.05, 0.1) is 6.61 Å². The molecule has 0 saturated carbocycles. The first-order valence-electron chi connectivity index (χ1n) is 11.0. The second kappa shape index (κ2) is 9.99. The molecular formula is C26H35NO4. The molecule has 5 heteroatoms. The summed E-state index contributed by atoms with van der Waals surface area (Å²) >= 11 is 0. The van der Waals surface area contributed by atoms with E-state index in [2.05, 4.69) is 39.0 Å². The molecule has 31 heavy (non-hydrogen) atoms. The zero-order valence-corrected chi connectivity index (χ0v) is 19.8. The molecule has 0 fully saturated rings. The number of nitrogens with zero attached hydrogens (tertiary/aromatic N) is 1. The molecule has 0 bridgehead atoms. The summed E-state index contributed by atoms with van der Waals surface area (Å²) in [7, 11) is 1.53. The van der Waals surface area contributed by atoms with E-state index in [1.165, 1.54) is 24.4 Å². The molecule has 5 nitrogen and oxygen atoms in total. The summed E-state index contributed by atoms with van der Waals surface area (Å²) in [4.78, 5) is 25.4. The van der Waals surface area contributed by atoms with E-state index >= 15 is 0 Å². The second-order valence-electron chi connectivity index (χ2n) is 8.16. The number of aliphatic carboxylic acids is 1. The summed E-state index contributed by atoms with van der Waals surface area (Å²) in [6.07, 6.45) is 1.83. The van der Waals surface area contributed by atoms with E-state index in [1.807, 2.05) is 32.0 Å². The number of hydrogen-bond acceptors (Lipinski definition) is 3. The van der Waals surface area contributed by atoms with E-state index in [-0.39, 0.29) is 11.3 Å². The summed E-state index contributed by atoms with van der Waals surface area (Å²) in [5, 5.41) is 9.23. The van der Waals surface area contributed by atoms with Crippen LogP contribution in [0.1, 0.15) is 73.1 Å². The van der Waals surface area contributed by atoms with E-state index in [0.717, 1.165) is 35.3 Å². The SMILES string of the molecule is CCOc1ccc(C(CC)(CC)c2ccc(C(=O)N(C)C(C)C(=O)O)c(C)c2)cc1C. The number of carboxylic acids is 1. The largest absolute Gasteiger partial charge is 0.494 e. The number of amides is 1. The van der Waals surface area contributed by atoms with Crippen LogP contribution in [0.5, 0.6) is 5.75 Å². The zero-order valence-electron chi connectivity index (χ0n) is 19.8. The predicted octanol–water partition coefficient (Wildman–Crippen LogP) is 5.35. The maximum Gasteiger partial charge on any atom is 0.326 e. The molecule has 1 amide bonds. The minimum absolute atomic E-state index is 0.178. The van der Waals surface area contributed by atoms with Gasteiger partial charge in [-0.1, -0.05) is 38.1 Å². The van der Waals surface area contributed by atoms with Crippen molar-refractivity contribution in [3.8, 4) is 5.75 Å². The molecule has 0 spiro atoms. The molecule has 0 aliphatic heterocycles. The van der Waals surface area contributed by atoms with Crippen molar-refractivity contribution < 1.29 is 19.4 Å². The number of carboxylic acid groups (broad SMARTS) is 1. The van der Waals surface area contributed by atoms with Gasteiger partial charge >= 0.3 is 5.97 Å². The molecule has 2 aromatic carbocycles. The monoisotopic (exact) mass is 425 g/mol. The van der Waals surface area contributed by atoms with Gasteiger partial charge in [-0.3, -0.25) is 4.79 Å². The van der Waals surface area contributed by atoms with Gasteiger partial charge in [-0.05, 0) is 74.9 Å². The Balaban J connectivity index is 2.49. The van der Waals surface area contributed by atoms with Crippen molar-refractivity contribution in [3.05, 3.63) is 64.2 Å². The first kappa shape index (κ1) is 24.4. The molecule has 0 radical (unpaired) electrons. The molecule has 0 heterocycles. The summed E-state index contributed by atoms with van der Waals surface area (Å²) < 4.78 is 5.71. The van der Waals surface area contributed by atoms with Crippen molar-refractivity contribution >= 4 is 11.9 Å². The van der Waals surface area contributed by atoms with E-state index < -0.39 is 12.0 Å². The molecule has 2 aromatic rings. The summed E-state index contributed by atoms with van der Waals surface area (Å²) in [5.41, 5.74) is 4.70. The Morgan fingerprint density at radius 3 is 2.00 bits per heavy atom. The van der Waals surface area contributed by atoms with E-state index in [0.29, 0.717) is 12.2 Å². The minimum Gasteiger partial charge on any atom is -0.494 e. The normalized spacial score (nSPS) is 12.4. The Kier molecular flexibility index (Phi) is 7.88. The molecule has 0 aliphatic rings. The Labute approximate surface area is 186 Å². The highest BCUT2D eigenvalue weighted by molar-refractivity contribution is 5.97. The van der Waals surface area contributed by atoms with Gasteiger partial charge in [-0.2, -0.15) is 0 Å². The maximum absolute atomic E-state index is 12.9. The Morgan fingerprint density at radius 1 is 1.00 bits per heavy atom. The molecule has 2 rings (SSSR count). The van der Waals surface area contributed by atoms with Crippen molar-refractivity contribution in [2.24, 2.45) is 0 Å². The fourth-order valence-electron chi connectivity index (χ4n) is 4.23. The van der Waals surface area contributed by atoms with Crippen LogP contribution in [0, 0.1) is 13.8 Å². The zero-order chi connectivity index (χ0) is 23.3. The van der Waals surface area contributed by atoms with Gasteiger partial charge in [0, 0.05) is 18.0 Å². The number of carbonyl (C=O) groups excluding carboxylic acids is 1. The molecule has 0 aliphatic carbocycles. The highest BCUT2D eigenvalue weighted by Crippen LogP contribution is 2.41. The molecule has 0 saturated heterocycles. The fraction of sp³-hybridized carbons (Fsp3) is 0.462. The van der Waals surface area contributed by atoms with Crippen molar-refractivity contribution in [1.82, 2.24) is 4.90 Å². The van der Waals surface area contributed by atoms with Crippen LogP contribution in [-0.2, 0) is 10.2 Å². The van der Waals surface area contributed by atoms with Crippen LogP contribution in [0.4, 0.5) is 0 Å². The summed E-state index contributed by atoms with van der Waals surface area (Å²) in [5.74, 6) is -0.401. The lowest BCUT2D eigenvalue weighted by Crippen LogP contribution is -2.40. The molecule has 0 aromatic heterocycles. The van der Waals surface area contributed by atoms with Gasteiger partial charge in [0.2, 0.25) is 0 Å². The van der Waals surface area contributed by atoms with E-state index in [1.54, 1.807) is 0 Å². The van der Waals surface area contributed by atoms with Gasteiger partial charge in [0.15, 0.2) is 0 Å². The Morgan fingerprint density at radius 2 is 1.55 bits per heavy atom. The highest BCUT2D eigenvalue weighted by Gasteiger charge is 2.32. The lowest BCUT2D eigenvalue weighted by Gasteiger charge is -2.34. The fourth-order valence-corrected chi connectivity index (χ4v) is 4.23. The molecular weight excluding hydrogens is 390 g/mol. The first-order chi connectivity index (χ1) is 14.6. The van der Waals surface area contributed by atoms with Crippen LogP contribution >= 0.6 is 0 Å². The third-order valence-electron chi connectivity index (χ3n) is 6.50. The third-order valence-corrected chi connectivity index (χ3v) is 6.50. The average Bonchev–Trinajstić information content (AvgIpc) is 2.75. The molecule has 1 N–H and O–H groups in total. The third kappa shape index (κ3) is 4.76. The Hall–Kier alpha value is -2.82. The number of hydrogen-bond donors (Lipinski definition) is 1. The van der Waals surface area contributed by atoms with E-state index in [4.69, 9.17) is 4.74 Å². The predicted molar refractivity (Wildman–Crippen MR) is 124 cm³/mol. The van der Waals surface area contributed by atoms with Gasteiger partial charge in [-0.15, -0.1) is 0 Å². The number of carbonyl (C=O) groups is 2. The minimum atomic E-state index is -1.02. The molecule has 168 valence electrons. The van der Waals surface area contributed by atoms with Gasteiger partial charge in [0.25, 0.3) is 5.91 Å². The highest BCUT2D eigenvalue weighted by atomic mass is 16.5. The van der Waals surface area contributed by atoms with Crippen LogP contribution in [0.25, 0.3) is 0 Å². The van der Waals surface area contributed by atoms with Crippen LogP contribution in [0.15, 0.2) is 36.4 Å². The van der Waals surface area contributed by atoms with Gasteiger partial charge in [0.1, 0.15) is 11.8 Å². The number of rotatable bonds is 9.